The van der Waals surface area contributed by atoms with Gasteiger partial charge in [0.2, 0.25) is 0 Å². The van der Waals surface area contributed by atoms with Crippen LogP contribution in [0.3, 0.4) is 0 Å². The van der Waals surface area contributed by atoms with E-state index in [1.165, 1.54) is 12.8 Å². The van der Waals surface area contributed by atoms with Gasteiger partial charge in [0.05, 0.1) is 20.1 Å². The summed E-state index contributed by atoms with van der Waals surface area (Å²) in [5, 5.41) is 0. The van der Waals surface area contributed by atoms with Crippen molar-refractivity contribution in [1.29, 1.82) is 0 Å². The van der Waals surface area contributed by atoms with Gasteiger partial charge in [0.15, 0.2) is 0 Å². The average molecular weight is 152 g/mol. The molecule has 0 aromatic rings. The molecular formula is C10H18N+. The lowest BCUT2D eigenvalue weighted by molar-refractivity contribution is -0.918. The number of nitrogens with zero attached hydrogens (tertiary/aromatic N) is 1. The lowest BCUT2D eigenvalue weighted by Gasteiger charge is -2.46. The summed E-state index contributed by atoms with van der Waals surface area (Å²) >= 11 is 0. The molecule has 0 aliphatic heterocycles. The lowest BCUT2D eigenvalue weighted by Crippen LogP contribution is -2.56. The molecule has 1 fully saturated rings. The van der Waals surface area contributed by atoms with Crippen LogP contribution in [0.4, 0.5) is 0 Å². The van der Waals surface area contributed by atoms with Crippen molar-refractivity contribution in [2.75, 3.05) is 20.6 Å². The Morgan fingerprint density at radius 3 is 2.36 bits per heavy atom. The predicted octanol–water partition coefficient (Wildman–Crippen LogP) is 1.49. The van der Waals surface area contributed by atoms with Crippen molar-refractivity contribution in [3.8, 4) is 12.3 Å². The average Bonchev–Trinajstić information content (AvgIpc) is 1.83. The van der Waals surface area contributed by atoms with Gasteiger partial charge in [0.1, 0.15) is 6.54 Å². The van der Waals surface area contributed by atoms with E-state index in [9.17, 15) is 0 Å². The van der Waals surface area contributed by atoms with Crippen molar-refractivity contribution in [3.05, 3.63) is 0 Å². The second-order valence-corrected chi connectivity index (χ2v) is 4.26. The summed E-state index contributed by atoms with van der Waals surface area (Å²) in [6.45, 7) is 3.19. The third-order valence-electron chi connectivity index (χ3n) is 2.97. The van der Waals surface area contributed by atoms with Gasteiger partial charge in [0, 0.05) is 12.3 Å². The number of hydrogen-bond acceptors (Lipinski definition) is 0. The van der Waals surface area contributed by atoms with E-state index in [0.717, 1.165) is 23.0 Å². The molecule has 0 amide bonds. The van der Waals surface area contributed by atoms with Crippen molar-refractivity contribution in [1.82, 2.24) is 0 Å². The fourth-order valence-electron chi connectivity index (χ4n) is 2.04. The molecular weight excluding hydrogens is 134 g/mol. The van der Waals surface area contributed by atoms with Gasteiger partial charge >= 0.3 is 0 Å². The number of quaternary nitrogens is 1. The van der Waals surface area contributed by atoms with E-state index in [2.05, 4.69) is 26.9 Å². The molecule has 0 N–H and O–H groups in total. The summed E-state index contributed by atoms with van der Waals surface area (Å²) < 4.78 is 1.01. The number of hydrogen-bond donors (Lipinski definition) is 0. The largest absolute Gasteiger partial charge is 0.316 e. The predicted molar refractivity (Wildman–Crippen MR) is 48.0 cm³/mol. The maximum atomic E-state index is 5.31. The van der Waals surface area contributed by atoms with Crippen LogP contribution in [-0.4, -0.2) is 31.2 Å². The summed E-state index contributed by atoms with van der Waals surface area (Å²) in [5.74, 6) is 3.62. The maximum absolute atomic E-state index is 5.31. The SMILES string of the molecule is C#CC[N+](C)(C)[C@@H]1CC[C@@H]1C. The normalized spacial score (nSPS) is 30.7. The van der Waals surface area contributed by atoms with Crippen LogP contribution in [0.15, 0.2) is 0 Å². The Hall–Kier alpha value is -0.480. The van der Waals surface area contributed by atoms with Gasteiger partial charge in [-0.1, -0.05) is 6.92 Å². The van der Waals surface area contributed by atoms with Gasteiger partial charge in [0.25, 0.3) is 0 Å². The van der Waals surface area contributed by atoms with Crippen molar-refractivity contribution in [3.63, 3.8) is 0 Å². The lowest BCUT2D eigenvalue weighted by atomic mass is 9.79. The van der Waals surface area contributed by atoms with Crippen LogP contribution in [-0.2, 0) is 0 Å². The minimum Gasteiger partial charge on any atom is -0.316 e. The molecule has 0 saturated heterocycles. The quantitative estimate of drug-likeness (QED) is 0.415. The minimum atomic E-state index is 0.811. The zero-order valence-electron chi connectivity index (χ0n) is 7.80. The Morgan fingerprint density at radius 1 is 1.45 bits per heavy atom. The Morgan fingerprint density at radius 2 is 2.09 bits per heavy atom. The summed E-state index contributed by atoms with van der Waals surface area (Å²) in [6, 6.07) is 0.811. The molecule has 0 heterocycles. The van der Waals surface area contributed by atoms with Crippen molar-refractivity contribution in [2.45, 2.75) is 25.8 Å². The Balaban J connectivity index is 2.51. The van der Waals surface area contributed by atoms with Crippen molar-refractivity contribution in [2.24, 2.45) is 5.92 Å². The molecule has 1 saturated carbocycles. The molecule has 62 valence electrons. The number of rotatable bonds is 2. The second kappa shape index (κ2) is 2.87. The molecule has 1 nitrogen and oxygen atoms in total. The van der Waals surface area contributed by atoms with Gasteiger partial charge in [-0.2, -0.15) is 0 Å². The summed E-state index contributed by atoms with van der Waals surface area (Å²) in [4.78, 5) is 0. The summed E-state index contributed by atoms with van der Waals surface area (Å²) in [6.07, 6.45) is 8.05. The van der Waals surface area contributed by atoms with Crippen LogP contribution in [0, 0.1) is 18.3 Å². The smallest absolute Gasteiger partial charge is 0.140 e. The van der Waals surface area contributed by atoms with Gasteiger partial charge in [-0.3, -0.25) is 0 Å². The van der Waals surface area contributed by atoms with E-state index >= 15 is 0 Å². The molecule has 2 atom stereocenters. The van der Waals surface area contributed by atoms with E-state index in [1.54, 1.807) is 0 Å². The monoisotopic (exact) mass is 152 g/mol. The molecule has 1 heteroatoms. The first-order chi connectivity index (χ1) is 5.08. The Labute approximate surface area is 70.0 Å². The third kappa shape index (κ3) is 1.57. The molecule has 0 aromatic carbocycles. The highest BCUT2D eigenvalue weighted by Gasteiger charge is 2.39. The third-order valence-corrected chi connectivity index (χ3v) is 2.97. The topological polar surface area (TPSA) is 0 Å². The molecule has 1 aliphatic rings. The van der Waals surface area contributed by atoms with Gasteiger partial charge in [-0.15, -0.1) is 6.42 Å². The zero-order chi connectivity index (χ0) is 8.48. The van der Waals surface area contributed by atoms with E-state index < -0.39 is 0 Å². The van der Waals surface area contributed by atoms with E-state index in [-0.39, 0.29) is 0 Å². The molecule has 0 unspecified atom stereocenters. The van der Waals surface area contributed by atoms with Crippen LogP contribution < -0.4 is 0 Å². The van der Waals surface area contributed by atoms with Crippen LogP contribution in [0.2, 0.25) is 0 Å². The first-order valence-corrected chi connectivity index (χ1v) is 4.34. The molecule has 1 aliphatic carbocycles. The first-order valence-electron chi connectivity index (χ1n) is 4.34. The van der Waals surface area contributed by atoms with Gasteiger partial charge in [-0.25, -0.2) is 0 Å². The highest BCUT2D eigenvalue weighted by Crippen LogP contribution is 2.33. The first kappa shape index (κ1) is 8.62. The molecule has 11 heavy (non-hydrogen) atoms. The minimum absolute atomic E-state index is 0.811. The fraction of sp³-hybridized carbons (Fsp3) is 0.800. The van der Waals surface area contributed by atoms with Crippen LogP contribution in [0.5, 0.6) is 0 Å². The second-order valence-electron chi connectivity index (χ2n) is 4.26. The highest BCUT2D eigenvalue weighted by atomic mass is 15.3. The fourth-order valence-corrected chi connectivity index (χ4v) is 2.04. The Kier molecular flexibility index (Phi) is 2.25. The highest BCUT2D eigenvalue weighted by molar-refractivity contribution is 4.86. The zero-order valence-corrected chi connectivity index (χ0v) is 7.80. The van der Waals surface area contributed by atoms with Crippen LogP contribution in [0.1, 0.15) is 19.8 Å². The standard InChI is InChI=1S/C10H18N/c1-5-8-11(3,4)10-7-6-9(10)2/h1,9-10H,6-8H2,2-4H3/q+1/t9-,10+/m0/s1. The number of terminal acetylenes is 1. The maximum Gasteiger partial charge on any atom is 0.140 e. The van der Waals surface area contributed by atoms with Crippen molar-refractivity contribution >= 4 is 0 Å². The van der Waals surface area contributed by atoms with Gasteiger partial charge < -0.3 is 4.48 Å². The van der Waals surface area contributed by atoms with Crippen LogP contribution >= 0.6 is 0 Å². The molecule has 0 radical (unpaired) electrons. The van der Waals surface area contributed by atoms with E-state index in [0.29, 0.717) is 0 Å². The van der Waals surface area contributed by atoms with E-state index in [1.807, 2.05) is 0 Å². The van der Waals surface area contributed by atoms with E-state index in [4.69, 9.17) is 6.42 Å². The van der Waals surface area contributed by atoms with Gasteiger partial charge in [-0.05, 0) is 12.3 Å². The molecule has 1 rings (SSSR count). The van der Waals surface area contributed by atoms with Crippen LogP contribution in [0.25, 0.3) is 0 Å². The summed E-state index contributed by atoms with van der Waals surface area (Å²) in [5.41, 5.74) is 0. The molecule has 0 spiro atoms. The Bertz CT molecular complexity index is 176. The summed E-state index contributed by atoms with van der Waals surface area (Å²) in [7, 11) is 4.47. The van der Waals surface area contributed by atoms with Crippen molar-refractivity contribution < 1.29 is 4.48 Å². The molecule has 0 aromatic heterocycles. The molecule has 0 bridgehead atoms.